The molecule has 0 aliphatic carbocycles. The summed E-state index contributed by atoms with van der Waals surface area (Å²) in [6.45, 7) is 6.20. The summed E-state index contributed by atoms with van der Waals surface area (Å²) in [5, 5.41) is 4.58. The van der Waals surface area contributed by atoms with Crippen LogP contribution in [0.2, 0.25) is 0 Å². The monoisotopic (exact) mass is 449 g/mol. The number of thiophene rings is 1. The first-order valence-electron chi connectivity index (χ1n) is 11.0. The normalized spacial score (nSPS) is 14.6. The van der Waals surface area contributed by atoms with Gasteiger partial charge in [-0.25, -0.2) is 0 Å². The number of fused-ring (bicyclic) bond motifs is 2. The Labute approximate surface area is 193 Å². The minimum Gasteiger partial charge on any atom is -0.494 e. The number of aromatic nitrogens is 1. The van der Waals surface area contributed by atoms with Crippen molar-refractivity contribution >= 4 is 38.0 Å². The van der Waals surface area contributed by atoms with E-state index < -0.39 is 0 Å². The molecular weight excluding hydrogens is 418 g/mol. The third-order valence-corrected chi connectivity index (χ3v) is 6.90. The van der Waals surface area contributed by atoms with Crippen molar-refractivity contribution in [3.05, 3.63) is 70.3 Å². The van der Waals surface area contributed by atoms with E-state index in [9.17, 15) is 4.79 Å². The summed E-state index contributed by atoms with van der Waals surface area (Å²) < 4.78 is 7.28. The number of nitrogens with zero attached hydrogens (tertiary/aromatic N) is 2. The number of aromatic amines is 1. The Morgan fingerprint density at radius 2 is 1.81 bits per heavy atom. The van der Waals surface area contributed by atoms with Crippen LogP contribution in [0.5, 0.6) is 5.75 Å². The summed E-state index contributed by atoms with van der Waals surface area (Å²) in [7, 11) is 0. The second-order valence-electron chi connectivity index (χ2n) is 8.07. The summed E-state index contributed by atoms with van der Waals surface area (Å²) in [6, 6.07) is 18.1. The topological polar surface area (TPSA) is 48.6 Å². The Morgan fingerprint density at radius 1 is 0.969 bits per heavy atom. The van der Waals surface area contributed by atoms with Crippen molar-refractivity contribution in [1.29, 1.82) is 0 Å². The molecule has 0 unspecified atom stereocenters. The minimum atomic E-state index is -0.0863. The molecule has 6 heteroatoms. The second-order valence-corrected chi connectivity index (χ2v) is 9.01. The molecule has 4 aromatic rings. The Balaban J connectivity index is 0.00000245. The van der Waals surface area contributed by atoms with Crippen LogP contribution in [0.1, 0.15) is 20.3 Å². The molecular formula is C26H31N3O2S. The van der Waals surface area contributed by atoms with Crippen molar-refractivity contribution in [1.82, 2.24) is 9.88 Å². The lowest BCUT2D eigenvalue weighted by Crippen LogP contribution is -2.46. The number of ether oxygens (including phenoxy) is 1. The van der Waals surface area contributed by atoms with Crippen LogP contribution in [-0.4, -0.2) is 49.2 Å². The molecule has 5 rings (SSSR count). The molecule has 0 amide bonds. The van der Waals surface area contributed by atoms with Crippen LogP contribution in [0.15, 0.2) is 64.8 Å². The molecule has 3 heterocycles. The number of H-pyrrole nitrogens is 1. The van der Waals surface area contributed by atoms with Gasteiger partial charge in [-0.3, -0.25) is 9.69 Å². The molecule has 1 aliphatic rings. The van der Waals surface area contributed by atoms with Gasteiger partial charge in [0, 0.05) is 54.1 Å². The predicted octanol–water partition coefficient (Wildman–Crippen LogP) is 5.36. The summed E-state index contributed by atoms with van der Waals surface area (Å²) in [5.41, 5.74) is 2.11. The van der Waals surface area contributed by atoms with E-state index in [2.05, 4.69) is 44.4 Å². The van der Waals surface area contributed by atoms with Gasteiger partial charge in [-0.2, -0.15) is 0 Å². The van der Waals surface area contributed by atoms with Crippen molar-refractivity contribution in [2.24, 2.45) is 0 Å². The number of pyridine rings is 1. The minimum absolute atomic E-state index is 0. The van der Waals surface area contributed by atoms with Gasteiger partial charge in [0.2, 0.25) is 5.56 Å². The molecule has 32 heavy (non-hydrogen) atoms. The van der Waals surface area contributed by atoms with Gasteiger partial charge in [-0.1, -0.05) is 13.5 Å². The van der Waals surface area contributed by atoms with Crippen molar-refractivity contribution in [2.75, 3.05) is 44.2 Å². The molecule has 2 aromatic carbocycles. The summed E-state index contributed by atoms with van der Waals surface area (Å²) in [4.78, 5) is 19.4. The molecule has 5 nitrogen and oxygen atoms in total. The lowest BCUT2D eigenvalue weighted by Gasteiger charge is -2.36. The highest BCUT2D eigenvalue weighted by Crippen LogP contribution is 2.31. The van der Waals surface area contributed by atoms with E-state index in [1.807, 2.05) is 35.6 Å². The lowest BCUT2D eigenvalue weighted by molar-refractivity contribution is 0.239. The van der Waals surface area contributed by atoms with E-state index in [-0.39, 0.29) is 13.0 Å². The van der Waals surface area contributed by atoms with E-state index >= 15 is 0 Å². The van der Waals surface area contributed by atoms with E-state index in [1.165, 1.54) is 15.8 Å². The van der Waals surface area contributed by atoms with Crippen molar-refractivity contribution < 1.29 is 4.74 Å². The molecule has 0 radical (unpaired) electrons. The maximum absolute atomic E-state index is 11.5. The summed E-state index contributed by atoms with van der Waals surface area (Å²) >= 11 is 1.82. The zero-order chi connectivity index (χ0) is 21.0. The van der Waals surface area contributed by atoms with E-state index in [1.54, 1.807) is 6.07 Å². The molecule has 0 saturated carbocycles. The fourth-order valence-corrected chi connectivity index (χ4v) is 5.12. The maximum Gasteiger partial charge on any atom is 0.248 e. The zero-order valence-electron chi connectivity index (χ0n) is 17.5. The van der Waals surface area contributed by atoms with Gasteiger partial charge in [0.15, 0.2) is 0 Å². The van der Waals surface area contributed by atoms with Gasteiger partial charge in [0.25, 0.3) is 0 Å². The van der Waals surface area contributed by atoms with Crippen LogP contribution >= 0.6 is 11.3 Å². The number of piperazine rings is 1. The zero-order valence-corrected chi connectivity index (χ0v) is 18.4. The Bertz CT molecular complexity index is 1220. The summed E-state index contributed by atoms with van der Waals surface area (Å²) in [5.74, 6) is 0.811. The fraction of sp³-hybridized carbons (Fsp3) is 0.346. The Kier molecular flexibility index (Phi) is 7.12. The van der Waals surface area contributed by atoms with Crippen molar-refractivity contribution in [3.63, 3.8) is 0 Å². The molecule has 1 N–H and O–H groups in total. The Morgan fingerprint density at radius 3 is 2.69 bits per heavy atom. The number of unbranched alkanes of at least 4 members (excludes halogenated alkanes) is 1. The van der Waals surface area contributed by atoms with Crippen LogP contribution in [0, 0.1) is 0 Å². The average Bonchev–Trinajstić information content (AvgIpc) is 3.28. The highest BCUT2D eigenvalue weighted by molar-refractivity contribution is 7.17. The largest absolute Gasteiger partial charge is 0.494 e. The fourth-order valence-electron chi connectivity index (χ4n) is 4.31. The van der Waals surface area contributed by atoms with Crippen LogP contribution in [0.25, 0.3) is 21.0 Å². The quantitative estimate of drug-likeness (QED) is 0.386. The van der Waals surface area contributed by atoms with E-state index in [0.29, 0.717) is 6.61 Å². The predicted molar refractivity (Wildman–Crippen MR) is 137 cm³/mol. The number of hydrogen-bond donors (Lipinski definition) is 1. The van der Waals surface area contributed by atoms with Crippen molar-refractivity contribution in [2.45, 2.75) is 20.3 Å². The third kappa shape index (κ3) is 4.97. The molecule has 2 aromatic heterocycles. The van der Waals surface area contributed by atoms with Crippen LogP contribution in [0.3, 0.4) is 0 Å². The number of anilines is 1. The van der Waals surface area contributed by atoms with Crippen LogP contribution in [0.4, 0.5) is 5.69 Å². The first-order chi connectivity index (χ1) is 15.3. The van der Waals surface area contributed by atoms with Gasteiger partial charge in [-0.05, 0) is 66.6 Å². The second kappa shape index (κ2) is 10.2. The number of rotatable bonds is 7. The van der Waals surface area contributed by atoms with E-state index in [4.69, 9.17) is 4.74 Å². The van der Waals surface area contributed by atoms with Gasteiger partial charge in [0.1, 0.15) is 5.75 Å². The molecule has 0 spiro atoms. The smallest absolute Gasteiger partial charge is 0.248 e. The third-order valence-electron chi connectivity index (χ3n) is 6.02. The first kappa shape index (κ1) is 22.4. The summed E-state index contributed by atoms with van der Waals surface area (Å²) in [6.07, 6.45) is 2.16. The molecule has 1 aliphatic heterocycles. The maximum atomic E-state index is 11.5. The Hall–Kier alpha value is -2.83. The van der Waals surface area contributed by atoms with Gasteiger partial charge >= 0.3 is 0 Å². The molecule has 1 fully saturated rings. The molecule has 0 atom stereocenters. The number of nitrogens with one attached hydrogen (secondary N) is 1. The molecule has 168 valence electrons. The van der Waals surface area contributed by atoms with Gasteiger partial charge in [0.05, 0.1) is 12.1 Å². The van der Waals surface area contributed by atoms with Crippen LogP contribution < -0.4 is 15.2 Å². The molecule has 0 bridgehead atoms. The highest BCUT2D eigenvalue weighted by Gasteiger charge is 2.18. The standard InChI is InChI=1S/C25H27N3O2S.CH4/c29-25-9-7-19-6-8-20(18-22(19)26-25)30-16-2-1-11-27-12-14-28(15-13-27)23-4-3-5-24-21(23)10-17-31-24;/h3-10,17-18H,1-2,11-16H2,(H,26,29);1H4. The van der Waals surface area contributed by atoms with Gasteiger partial charge in [-0.15, -0.1) is 11.3 Å². The molecule has 1 saturated heterocycles. The van der Waals surface area contributed by atoms with Crippen LogP contribution in [-0.2, 0) is 0 Å². The lowest BCUT2D eigenvalue weighted by atomic mass is 10.2. The number of hydrogen-bond acceptors (Lipinski definition) is 5. The van der Waals surface area contributed by atoms with E-state index in [0.717, 1.165) is 62.2 Å². The first-order valence-corrected chi connectivity index (χ1v) is 11.8. The van der Waals surface area contributed by atoms with Crippen molar-refractivity contribution in [3.8, 4) is 5.75 Å². The number of benzene rings is 2. The average molecular weight is 450 g/mol. The van der Waals surface area contributed by atoms with Gasteiger partial charge < -0.3 is 14.6 Å². The SMILES string of the molecule is C.O=c1ccc2ccc(OCCCCN3CCN(c4cccc5sccc45)CC3)cc2[nH]1. The highest BCUT2D eigenvalue weighted by atomic mass is 32.1.